The standard InChI is InChI=1S/C20H19NOS2/c1-14-3-4-15(2)19(11-14)24-18-7-5-17(6-8-18)21-20(22)12-16-9-10-23-13-16/h3-11,13H,12H2,1-2H3,(H,21,22). The van der Waals surface area contributed by atoms with Gasteiger partial charge in [-0.05, 0) is 77.7 Å². The monoisotopic (exact) mass is 353 g/mol. The lowest BCUT2D eigenvalue weighted by Crippen LogP contribution is -2.13. The van der Waals surface area contributed by atoms with E-state index in [1.165, 1.54) is 20.9 Å². The number of benzene rings is 2. The molecule has 0 fully saturated rings. The van der Waals surface area contributed by atoms with Crippen LogP contribution in [0.25, 0.3) is 0 Å². The zero-order valence-electron chi connectivity index (χ0n) is 13.7. The molecule has 1 heterocycles. The molecule has 1 N–H and O–H groups in total. The van der Waals surface area contributed by atoms with E-state index in [4.69, 9.17) is 0 Å². The third-order valence-electron chi connectivity index (χ3n) is 3.65. The van der Waals surface area contributed by atoms with Gasteiger partial charge in [-0.3, -0.25) is 4.79 Å². The maximum Gasteiger partial charge on any atom is 0.228 e. The summed E-state index contributed by atoms with van der Waals surface area (Å²) in [6, 6.07) is 16.5. The number of anilines is 1. The summed E-state index contributed by atoms with van der Waals surface area (Å²) in [5.74, 6) is 0.0170. The lowest BCUT2D eigenvalue weighted by atomic mass is 10.2. The minimum Gasteiger partial charge on any atom is -0.326 e. The Bertz CT molecular complexity index is 823. The molecule has 0 radical (unpaired) electrons. The smallest absolute Gasteiger partial charge is 0.228 e. The normalized spacial score (nSPS) is 10.6. The summed E-state index contributed by atoms with van der Waals surface area (Å²) in [6.07, 6.45) is 0.419. The van der Waals surface area contributed by atoms with Gasteiger partial charge in [0.15, 0.2) is 0 Å². The second-order valence-electron chi connectivity index (χ2n) is 5.75. The van der Waals surface area contributed by atoms with Gasteiger partial charge in [0.25, 0.3) is 0 Å². The molecule has 0 aliphatic heterocycles. The van der Waals surface area contributed by atoms with Gasteiger partial charge in [-0.1, -0.05) is 23.9 Å². The van der Waals surface area contributed by atoms with Crippen LogP contribution in [0.4, 0.5) is 5.69 Å². The molecule has 4 heteroatoms. The maximum atomic E-state index is 12.0. The summed E-state index contributed by atoms with van der Waals surface area (Å²) in [5.41, 5.74) is 4.43. The molecule has 2 aromatic carbocycles. The molecule has 24 heavy (non-hydrogen) atoms. The van der Waals surface area contributed by atoms with Crippen LogP contribution in [-0.2, 0) is 11.2 Å². The largest absolute Gasteiger partial charge is 0.326 e. The SMILES string of the molecule is Cc1ccc(C)c(Sc2ccc(NC(=O)Cc3ccsc3)cc2)c1. The Balaban J connectivity index is 1.62. The summed E-state index contributed by atoms with van der Waals surface area (Å²) in [4.78, 5) is 14.5. The fourth-order valence-corrected chi connectivity index (χ4v) is 4.00. The number of hydrogen-bond donors (Lipinski definition) is 1. The minimum absolute atomic E-state index is 0.0170. The Kier molecular flexibility index (Phi) is 5.38. The van der Waals surface area contributed by atoms with Crippen LogP contribution in [0.3, 0.4) is 0 Å². The predicted molar refractivity (Wildman–Crippen MR) is 103 cm³/mol. The summed E-state index contributed by atoms with van der Waals surface area (Å²) in [5, 5.41) is 6.94. The molecule has 0 aliphatic rings. The molecule has 0 bridgehead atoms. The Labute approximate surface area is 150 Å². The van der Waals surface area contributed by atoms with Gasteiger partial charge in [0.1, 0.15) is 0 Å². The topological polar surface area (TPSA) is 29.1 Å². The second kappa shape index (κ2) is 7.69. The molecule has 1 aromatic heterocycles. The van der Waals surface area contributed by atoms with Crippen LogP contribution in [0.5, 0.6) is 0 Å². The first-order chi connectivity index (χ1) is 11.6. The number of amides is 1. The van der Waals surface area contributed by atoms with Crippen molar-refractivity contribution in [3.05, 3.63) is 76.0 Å². The third-order valence-corrected chi connectivity index (χ3v) is 5.55. The zero-order valence-corrected chi connectivity index (χ0v) is 15.3. The molecule has 0 atom stereocenters. The second-order valence-corrected chi connectivity index (χ2v) is 7.65. The van der Waals surface area contributed by atoms with E-state index in [-0.39, 0.29) is 5.91 Å². The highest BCUT2D eigenvalue weighted by Gasteiger charge is 2.06. The highest BCUT2D eigenvalue weighted by molar-refractivity contribution is 7.99. The van der Waals surface area contributed by atoms with E-state index in [1.54, 1.807) is 23.1 Å². The fraction of sp³-hybridized carbons (Fsp3) is 0.150. The molecule has 3 rings (SSSR count). The van der Waals surface area contributed by atoms with Gasteiger partial charge >= 0.3 is 0 Å². The van der Waals surface area contributed by atoms with Gasteiger partial charge in [0.2, 0.25) is 5.91 Å². The summed E-state index contributed by atoms with van der Waals surface area (Å²) >= 11 is 3.36. The maximum absolute atomic E-state index is 12.0. The number of rotatable bonds is 5. The van der Waals surface area contributed by atoms with Crippen molar-refractivity contribution in [3.8, 4) is 0 Å². The van der Waals surface area contributed by atoms with E-state index in [0.29, 0.717) is 6.42 Å². The predicted octanol–water partition coefficient (Wildman–Crippen LogP) is 5.70. The first kappa shape index (κ1) is 16.8. The van der Waals surface area contributed by atoms with E-state index >= 15 is 0 Å². The van der Waals surface area contributed by atoms with Crippen molar-refractivity contribution in [1.29, 1.82) is 0 Å². The van der Waals surface area contributed by atoms with Crippen LogP contribution < -0.4 is 5.32 Å². The number of nitrogens with one attached hydrogen (secondary N) is 1. The molecule has 2 nitrogen and oxygen atoms in total. The molecule has 0 aliphatic carbocycles. The quantitative estimate of drug-likeness (QED) is 0.638. The first-order valence-electron chi connectivity index (χ1n) is 7.76. The Morgan fingerprint density at radius 2 is 1.88 bits per heavy atom. The fourth-order valence-electron chi connectivity index (χ4n) is 2.33. The van der Waals surface area contributed by atoms with Crippen molar-refractivity contribution in [3.63, 3.8) is 0 Å². The average Bonchev–Trinajstić information content (AvgIpc) is 3.05. The van der Waals surface area contributed by atoms with Gasteiger partial charge in [-0.15, -0.1) is 0 Å². The third kappa shape index (κ3) is 4.49. The van der Waals surface area contributed by atoms with Crippen molar-refractivity contribution < 1.29 is 4.79 Å². The number of carbonyl (C=O) groups excluding carboxylic acids is 1. The lowest BCUT2D eigenvalue weighted by Gasteiger charge is -2.08. The first-order valence-corrected chi connectivity index (χ1v) is 9.52. The van der Waals surface area contributed by atoms with Crippen molar-refractivity contribution in [2.24, 2.45) is 0 Å². The molecule has 122 valence electrons. The summed E-state index contributed by atoms with van der Waals surface area (Å²) in [6.45, 7) is 4.23. The van der Waals surface area contributed by atoms with E-state index in [9.17, 15) is 4.79 Å². The van der Waals surface area contributed by atoms with Gasteiger partial charge in [-0.2, -0.15) is 11.3 Å². The van der Waals surface area contributed by atoms with E-state index in [0.717, 1.165) is 11.3 Å². The summed E-state index contributed by atoms with van der Waals surface area (Å²) in [7, 11) is 0. The summed E-state index contributed by atoms with van der Waals surface area (Å²) < 4.78 is 0. The van der Waals surface area contributed by atoms with Crippen molar-refractivity contribution in [2.45, 2.75) is 30.1 Å². The van der Waals surface area contributed by atoms with Crippen molar-refractivity contribution in [2.75, 3.05) is 5.32 Å². The Morgan fingerprint density at radius 1 is 1.08 bits per heavy atom. The Morgan fingerprint density at radius 3 is 2.58 bits per heavy atom. The van der Waals surface area contributed by atoms with Crippen LogP contribution in [0.1, 0.15) is 16.7 Å². The lowest BCUT2D eigenvalue weighted by molar-refractivity contribution is -0.115. The minimum atomic E-state index is 0.0170. The van der Waals surface area contributed by atoms with Crippen LogP contribution in [-0.4, -0.2) is 5.91 Å². The highest BCUT2D eigenvalue weighted by Crippen LogP contribution is 2.31. The average molecular weight is 354 g/mol. The van der Waals surface area contributed by atoms with Gasteiger partial charge in [-0.25, -0.2) is 0 Å². The van der Waals surface area contributed by atoms with Crippen LogP contribution in [0.2, 0.25) is 0 Å². The van der Waals surface area contributed by atoms with Crippen LogP contribution >= 0.6 is 23.1 Å². The highest BCUT2D eigenvalue weighted by atomic mass is 32.2. The van der Waals surface area contributed by atoms with Crippen molar-refractivity contribution >= 4 is 34.7 Å². The van der Waals surface area contributed by atoms with E-state index < -0.39 is 0 Å². The number of carbonyl (C=O) groups is 1. The molecule has 0 saturated heterocycles. The molecule has 0 saturated carbocycles. The van der Waals surface area contributed by atoms with Crippen LogP contribution in [0.15, 0.2) is 69.1 Å². The number of thiophene rings is 1. The van der Waals surface area contributed by atoms with E-state index in [2.05, 4.69) is 37.4 Å². The molecule has 1 amide bonds. The van der Waals surface area contributed by atoms with Gasteiger partial charge < -0.3 is 5.32 Å². The molecule has 3 aromatic rings. The van der Waals surface area contributed by atoms with Gasteiger partial charge in [0.05, 0.1) is 6.42 Å². The van der Waals surface area contributed by atoms with Crippen LogP contribution in [0, 0.1) is 13.8 Å². The zero-order chi connectivity index (χ0) is 16.9. The molecular formula is C20H19NOS2. The number of hydrogen-bond acceptors (Lipinski definition) is 3. The Hall–Kier alpha value is -2.04. The molecule has 0 unspecified atom stereocenters. The number of aryl methyl sites for hydroxylation is 2. The molecular weight excluding hydrogens is 334 g/mol. The van der Waals surface area contributed by atoms with E-state index in [1.807, 2.05) is 41.1 Å². The van der Waals surface area contributed by atoms with Gasteiger partial charge in [0, 0.05) is 15.5 Å². The molecule has 0 spiro atoms. The van der Waals surface area contributed by atoms with Crippen molar-refractivity contribution in [1.82, 2.24) is 0 Å².